The number of aliphatic hydroxyl groups excluding tert-OH is 1. The molecule has 1 amide bonds. The summed E-state index contributed by atoms with van der Waals surface area (Å²) in [6.45, 7) is 1.46. The second-order valence-electron chi connectivity index (χ2n) is 3.60. The average Bonchev–Trinajstić information content (AvgIpc) is 2.24. The largest absolute Gasteiger partial charge is 0.446 e. The zero-order valence-electron chi connectivity index (χ0n) is 9.49. The highest BCUT2D eigenvalue weighted by molar-refractivity contribution is 8.00. The minimum Gasteiger partial charge on any atom is -0.392 e. The van der Waals surface area contributed by atoms with Crippen LogP contribution >= 0.6 is 11.8 Å². The molecule has 0 heterocycles. The monoisotopic (exact) mass is 279 g/mol. The van der Waals surface area contributed by atoms with Crippen LogP contribution in [0.5, 0.6) is 0 Å². The molecule has 0 aliphatic carbocycles. The van der Waals surface area contributed by atoms with Crippen molar-refractivity contribution in [3.05, 3.63) is 29.8 Å². The van der Waals surface area contributed by atoms with Crippen molar-refractivity contribution < 1.29 is 23.1 Å². The number of alkyl halides is 3. The number of halogens is 3. The second kappa shape index (κ2) is 6.10. The number of rotatable bonds is 4. The summed E-state index contributed by atoms with van der Waals surface area (Å²) in [5.41, 5.74) is -4.50. The van der Waals surface area contributed by atoms with Crippen LogP contribution in [0.15, 0.2) is 29.2 Å². The smallest absolute Gasteiger partial charge is 0.392 e. The van der Waals surface area contributed by atoms with Gasteiger partial charge < -0.3 is 10.4 Å². The maximum Gasteiger partial charge on any atom is 0.446 e. The van der Waals surface area contributed by atoms with Crippen molar-refractivity contribution in [1.29, 1.82) is 0 Å². The highest BCUT2D eigenvalue weighted by atomic mass is 32.2. The van der Waals surface area contributed by atoms with E-state index in [1.165, 1.54) is 31.2 Å². The average molecular weight is 279 g/mol. The minimum atomic E-state index is -4.44. The van der Waals surface area contributed by atoms with E-state index in [0.717, 1.165) is 0 Å². The highest BCUT2D eigenvalue weighted by Gasteiger charge is 2.31. The van der Waals surface area contributed by atoms with Gasteiger partial charge in [-0.15, -0.1) is 0 Å². The van der Waals surface area contributed by atoms with Gasteiger partial charge >= 0.3 is 5.51 Å². The van der Waals surface area contributed by atoms with Gasteiger partial charge in [-0.3, -0.25) is 4.79 Å². The summed E-state index contributed by atoms with van der Waals surface area (Å²) >= 11 is -0.333. The number of thioether (sulfide) groups is 1. The molecule has 18 heavy (non-hydrogen) atoms. The van der Waals surface area contributed by atoms with Crippen LogP contribution in [0.2, 0.25) is 0 Å². The Balaban J connectivity index is 2.84. The maximum atomic E-state index is 12.3. The van der Waals surface area contributed by atoms with E-state index < -0.39 is 17.5 Å². The first kappa shape index (κ1) is 14.8. The Hall–Kier alpha value is -1.21. The van der Waals surface area contributed by atoms with Gasteiger partial charge in [0.2, 0.25) is 0 Å². The molecule has 100 valence electrons. The van der Waals surface area contributed by atoms with Crippen molar-refractivity contribution in [2.24, 2.45) is 0 Å². The van der Waals surface area contributed by atoms with E-state index >= 15 is 0 Å². The molecular formula is C11H12F3NO2S. The normalized spacial score (nSPS) is 13.2. The molecule has 1 rings (SSSR count). The molecule has 0 fully saturated rings. The van der Waals surface area contributed by atoms with Gasteiger partial charge in [-0.1, -0.05) is 12.1 Å². The van der Waals surface area contributed by atoms with E-state index in [-0.39, 0.29) is 28.8 Å². The molecule has 0 saturated heterocycles. The van der Waals surface area contributed by atoms with Crippen molar-refractivity contribution in [2.75, 3.05) is 6.54 Å². The summed E-state index contributed by atoms with van der Waals surface area (Å²) in [4.78, 5) is 11.5. The van der Waals surface area contributed by atoms with E-state index in [1.54, 1.807) is 0 Å². The molecule has 0 spiro atoms. The summed E-state index contributed by atoms with van der Waals surface area (Å²) in [6.07, 6.45) is -0.753. The van der Waals surface area contributed by atoms with E-state index in [4.69, 9.17) is 5.11 Å². The molecule has 0 saturated carbocycles. The van der Waals surface area contributed by atoms with Gasteiger partial charge in [0, 0.05) is 11.4 Å². The standard InChI is InChI=1S/C11H12F3NO2S/c1-7(16)6-15-10(17)8-4-2-3-5-9(8)18-11(12,13)14/h2-5,7,16H,6H2,1H3,(H,15,17)/t7-/m0/s1. The van der Waals surface area contributed by atoms with Crippen molar-refractivity contribution in [1.82, 2.24) is 5.32 Å². The maximum absolute atomic E-state index is 12.3. The van der Waals surface area contributed by atoms with Crippen LogP contribution in [0.4, 0.5) is 13.2 Å². The predicted octanol–water partition coefficient (Wildman–Crippen LogP) is 2.41. The van der Waals surface area contributed by atoms with Crippen LogP contribution in [-0.4, -0.2) is 29.2 Å². The first-order valence-corrected chi connectivity index (χ1v) is 5.92. The second-order valence-corrected chi connectivity index (χ2v) is 4.71. The Morgan fingerprint density at radius 1 is 1.44 bits per heavy atom. The lowest BCUT2D eigenvalue weighted by atomic mass is 10.2. The Kier molecular flexibility index (Phi) is 5.03. The summed E-state index contributed by atoms with van der Waals surface area (Å²) in [7, 11) is 0. The summed E-state index contributed by atoms with van der Waals surface area (Å²) in [6, 6.07) is 5.46. The Labute approximate surface area is 106 Å². The number of carbonyl (C=O) groups is 1. The summed E-state index contributed by atoms with van der Waals surface area (Å²) in [5, 5.41) is 11.4. The Morgan fingerprint density at radius 3 is 2.61 bits per heavy atom. The predicted molar refractivity (Wildman–Crippen MR) is 62.4 cm³/mol. The van der Waals surface area contributed by atoms with Crippen LogP contribution in [0.25, 0.3) is 0 Å². The lowest BCUT2D eigenvalue weighted by Crippen LogP contribution is -2.30. The fraction of sp³-hybridized carbons (Fsp3) is 0.364. The van der Waals surface area contributed by atoms with Gasteiger partial charge in [-0.2, -0.15) is 13.2 Å². The Bertz CT molecular complexity index is 421. The lowest BCUT2D eigenvalue weighted by Gasteiger charge is -2.12. The first-order valence-electron chi connectivity index (χ1n) is 5.10. The first-order chi connectivity index (χ1) is 8.29. The van der Waals surface area contributed by atoms with Crippen molar-refractivity contribution in [3.8, 4) is 0 Å². The number of hydrogen-bond donors (Lipinski definition) is 2. The van der Waals surface area contributed by atoms with Crippen LogP contribution in [0.1, 0.15) is 17.3 Å². The number of amides is 1. The van der Waals surface area contributed by atoms with Crippen LogP contribution in [0, 0.1) is 0 Å². The van der Waals surface area contributed by atoms with E-state index in [0.29, 0.717) is 0 Å². The minimum absolute atomic E-state index is 0.0101. The fourth-order valence-corrected chi connectivity index (χ4v) is 1.87. The van der Waals surface area contributed by atoms with Gasteiger partial charge in [0.15, 0.2) is 0 Å². The zero-order chi connectivity index (χ0) is 13.8. The zero-order valence-corrected chi connectivity index (χ0v) is 10.3. The van der Waals surface area contributed by atoms with Gasteiger partial charge in [-0.05, 0) is 30.8 Å². The number of benzene rings is 1. The number of aliphatic hydroxyl groups is 1. The SMILES string of the molecule is C[C@H](O)CNC(=O)c1ccccc1SC(F)(F)F. The molecule has 0 bridgehead atoms. The van der Waals surface area contributed by atoms with E-state index in [9.17, 15) is 18.0 Å². The highest BCUT2D eigenvalue weighted by Crippen LogP contribution is 2.38. The topological polar surface area (TPSA) is 49.3 Å². The molecule has 7 heteroatoms. The molecule has 2 N–H and O–H groups in total. The van der Waals surface area contributed by atoms with Crippen molar-refractivity contribution >= 4 is 17.7 Å². The third kappa shape index (κ3) is 4.97. The van der Waals surface area contributed by atoms with Gasteiger partial charge in [-0.25, -0.2) is 0 Å². The van der Waals surface area contributed by atoms with E-state index in [2.05, 4.69) is 5.32 Å². The molecule has 0 radical (unpaired) electrons. The molecule has 1 atom stereocenters. The molecule has 0 aliphatic heterocycles. The Morgan fingerprint density at radius 2 is 2.06 bits per heavy atom. The third-order valence-corrected chi connectivity index (χ3v) is 2.72. The lowest BCUT2D eigenvalue weighted by molar-refractivity contribution is -0.0328. The summed E-state index contributed by atoms with van der Waals surface area (Å²) in [5.74, 6) is -0.636. The van der Waals surface area contributed by atoms with Crippen molar-refractivity contribution in [3.63, 3.8) is 0 Å². The van der Waals surface area contributed by atoms with Crippen LogP contribution in [-0.2, 0) is 0 Å². The third-order valence-electron chi connectivity index (χ3n) is 1.92. The van der Waals surface area contributed by atoms with Crippen LogP contribution in [0.3, 0.4) is 0 Å². The van der Waals surface area contributed by atoms with Gasteiger partial charge in [0.25, 0.3) is 5.91 Å². The number of carbonyl (C=O) groups excluding carboxylic acids is 1. The molecular weight excluding hydrogens is 267 g/mol. The van der Waals surface area contributed by atoms with E-state index in [1.807, 2.05) is 0 Å². The van der Waals surface area contributed by atoms with Gasteiger partial charge in [0.1, 0.15) is 0 Å². The summed E-state index contributed by atoms with van der Waals surface area (Å²) < 4.78 is 36.9. The number of nitrogens with one attached hydrogen (secondary N) is 1. The molecule has 1 aromatic carbocycles. The van der Waals surface area contributed by atoms with Gasteiger partial charge in [0.05, 0.1) is 11.7 Å². The fourth-order valence-electron chi connectivity index (χ4n) is 1.20. The van der Waals surface area contributed by atoms with Crippen LogP contribution < -0.4 is 5.32 Å². The molecule has 0 aliphatic rings. The number of hydrogen-bond acceptors (Lipinski definition) is 3. The molecule has 0 unspecified atom stereocenters. The van der Waals surface area contributed by atoms with Crippen molar-refractivity contribution in [2.45, 2.75) is 23.4 Å². The quantitative estimate of drug-likeness (QED) is 0.832. The molecule has 1 aromatic rings. The molecule has 3 nitrogen and oxygen atoms in total. The molecule has 0 aromatic heterocycles.